The minimum absolute atomic E-state index is 0.545. The van der Waals surface area contributed by atoms with Crippen LogP contribution in [0, 0.1) is 0 Å². The molecule has 1 aromatic carbocycles. The molecule has 0 spiro atoms. The summed E-state index contributed by atoms with van der Waals surface area (Å²) in [5, 5.41) is 2.16. The molecule has 0 amide bonds. The Balaban J connectivity index is 2.15. The molecule has 1 saturated carbocycles. The van der Waals surface area contributed by atoms with Crippen molar-refractivity contribution in [1.29, 1.82) is 0 Å². The number of ether oxygens (including phenoxy) is 1. The number of pyridine rings is 1. The van der Waals surface area contributed by atoms with Crippen LogP contribution in [0.15, 0.2) is 18.2 Å². The zero-order chi connectivity index (χ0) is 13.4. The Bertz CT molecular complexity index is 621. The highest BCUT2D eigenvalue weighted by molar-refractivity contribution is 6.37. The highest BCUT2D eigenvalue weighted by Gasteiger charge is 2.20. The van der Waals surface area contributed by atoms with E-state index < -0.39 is 0 Å². The Morgan fingerprint density at radius 3 is 2.53 bits per heavy atom. The van der Waals surface area contributed by atoms with Crippen molar-refractivity contribution < 1.29 is 4.74 Å². The number of rotatable bonds is 2. The predicted molar refractivity (Wildman–Crippen MR) is 79.5 cm³/mol. The number of nitrogens with zero attached hydrogens (tertiary/aromatic N) is 1. The largest absolute Gasteiger partial charge is 0.495 e. The first-order valence-electron chi connectivity index (χ1n) is 6.52. The van der Waals surface area contributed by atoms with Gasteiger partial charge in [0, 0.05) is 23.1 Å². The lowest BCUT2D eigenvalue weighted by molar-refractivity contribution is 0.415. The molecule has 1 aliphatic rings. The summed E-state index contributed by atoms with van der Waals surface area (Å²) in [5.41, 5.74) is 1.95. The van der Waals surface area contributed by atoms with Crippen LogP contribution in [0.5, 0.6) is 5.75 Å². The average molecular weight is 296 g/mol. The second-order valence-corrected chi connectivity index (χ2v) is 5.83. The minimum atomic E-state index is 0.545. The molecule has 3 rings (SSSR count). The molecule has 0 unspecified atom stereocenters. The summed E-state index contributed by atoms with van der Waals surface area (Å²) in [4.78, 5) is 4.74. The van der Waals surface area contributed by atoms with Crippen molar-refractivity contribution in [1.82, 2.24) is 4.98 Å². The maximum Gasteiger partial charge on any atom is 0.139 e. The lowest BCUT2D eigenvalue weighted by Crippen LogP contribution is -1.97. The van der Waals surface area contributed by atoms with Gasteiger partial charge in [0.2, 0.25) is 0 Å². The number of aromatic nitrogens is 1. The van der Waals surface area contributed by atoms with Gasteiger partial charge in [-0.3, -0.25) is 4.98 Å². The molecule has 0 radical (unpaired) electrons. The molecule has 1 fully saturated rings. The van der Waals surface area contributed by atoms with Crippen LogP contribution in [0.3, 0.4) is 0 Å². The van der Waals surface area contributed by atoms with E-state index in [2.05, 4.69) is 0 Å². The van der Waals surface area contributed by atoms with Crippen LogP contribution in [0.1, 0.15) is 37.3 Å². The first-order chi connectivity index (χ1) is 9.19. The minimum Gasteiger partial charge on any atom is -0.495 e. The molecule has 4 heteroatoms. The van der Waals surface area contributed by atoms with E-state index in [4.69, 9.17) is 32.9 Å². The Hall–Kier alpha value is -0.990. The van der Waals surface area contributed by atoms with Crippen LogP contribution >= 0.6 is 23.2 Å². The Kier molecular flexibility index (Phi) is 3.55. The average Bonchev–Trinajstić information content (AvgIpc) is 2.92. The molecule has 1 heterocycles. The van der Waals surface area contributed by atoms with Crippen molar-refractivity contribution >= 4 is 34.1 Å². The van der Waals surface area contributed by atoms with Crippen molar-refractivity contribution in [3.8, 4) is 5.75 Å². The van der Waals surface area contributed by atoms with Crippen LogP contribution in [0.4, 0.5) is 0 Å². The number of benzene rings is 1. The van der Waals surface area contributed by atoms with E-state index >= 15 is 0 Å². The number of hydrogen-bond donors (Lipinski definition) is 0. The smallest absolute Gasteiger partial charge is 0.139 e. The van der Waals surface area contributed by atoms with Crippen LogP contribution in [0.25, 0.3) is 10.9 Å². The summed E-state index contributed by atoms with van der Waals surface area (Å²) in [7, 11) is 1.61. The zero-order valence-corrected chi connectivity index (χ0v) is 12.3. The second-order valence-electron chi connectivity index (χ2n) is 5.01. The summed E-state index contributed by atoms with van der Waals surface area (Å²) in [6.07, 6.45) is 4.98. The van der Waals surface area contributed by atoms with Gasteiger partial charge in [0.05, 0.1) is 22.7 Å². The molecule has 19 heavy (non-hydrogen) atoms. The van der Waals surface area contributed by atoms with E-state index in [1.54, 1.807) is 7.11 Å². The predicted octanol–water partition coefficient (Wildman–Crippen LogP) is 5.21. The van der Waals surface area contributed by atoms with Gasteiger partial charge in [-0.25, -0.2) is 0 Å². The molecule has 0 N–H and O–H groups in total. The topological polar surface area (TPSA) is 22.1 Å². The van der Waals surface area contributed by atoms with Gasteiger partial charge in [-0.1, -0.05) is 36.0 Å². The summed E-state index contributed by atoms with van der Waals surface area (Å²) in [6, 6.07) is 5.67. The second kappa shape index (κ2) is 5.18. The Labute approximate surface area is 122 Å². The Morgan fingerprint density at radius 2 is 1.84 bits per heavy atom. The third kappa shape index (κ3) is 2.39. The van der Waals surface area contributed by atoms with Gasteiger partial charge in [-0.2, -0.15) is 0 Å². The lowest BCUT2D eigenvalue weighted by atomic mass is 10.0. The number of methoxy groups -OCH3 is 1. The van der Waals surface area contributed by atoms with Crippen molar-refractivity contribution in [3.05, 3.63) is 33.9 Å². The SMILES string of the molecule is COc1cc2nc(C3CCCC3)cc(Cl)c2cc1Cl. The molecule has 0 saturated heterocycles. The van der Waals surface area contributed by atoms with E-state index in [1.807, 2.05) is 18.2 Å². The third-order valence-electron chi connectivity index (χ3n) is 3.83. The van der Waals surface area contributed by atoms with Crippen LogP contribution in [0.2, 0.25) is 10.0 Å². The molecule has 100 valence electrons. The molecule has 1 aromatic heterocycles. The van der Waals surface area contributed by atoms with Crippen molar-refractivity contribution in [2.45, 2.75) is 31.6 Å². The van der Waals surface area contributed by atoms with Gasteiger partial charge < -0.3 is 4.74 Å². The molecule has 1 aliphatic carbocycles. The van der Waals surface area contributed by atoms with Crippen LogP contribution in [-0.2, 0) is 0 Å². The zero-order valence-electron chi connectivity index (χ0n) is 10.7. The van der Waals surface area contributed by atoms with E-state index in [0.717, 1.165) is 21.6 Å². The van der Waals surface area contributed by atoms with Gasteiger partial charge in [-0.15, -0.1) is 0 Å². The fourth-order valence-electron chi connectivity index (χ4n) is 2.79. The fraction of sp³-hybridized carbons (Fsp3) is 0.400. The molecular weight excluding hydrogens is 281 g/mol. The highest BCUT2D eigenvalue weighted by atomic mass is 35.5. The highest BCUT2D eigenvalue weighted by Crippen LogP contribution is 2.38. The number of hydrogen-bond acceptors (Lipinski definition) is 2. The lowest BCUT2D eigenvalue weighted by Gasteiger charge is -2.12. The van der Waals surface area contributed by atoms with Gasteiger partial charge in [0.25, 0.3) is 0 Å². The standard InChI is InChI=1S/C15H15Cl2NO/c1-19-15-8-14-10(6-12(15)17)11(16)7-13(18-14)9-4-2-3-5-9/h6-9H,2-5H2,1H3. The molecule has 0 aliphatic heterocycles. The fourth-order valence-corrected chi connectivity index (χ4v) is 3.30. The van der Waals surface area contributed by atoms with E-state index in [-0.39, 0.29) is 0 Å². The van der Waals surface area contributed by atoms with Gasteiger partial charge in [-0.05, 0) is 25.0 Å². The molecule has 0 atom stereocenters. The van der Waals surface area contributed by atoms with Crippen molar-refractivity contribution in [3.63, 3.8) is 0 Å². The van der Waals surface area contributed by atoms with Gasteiger partial charge >= 0.3 is 0 Å². The summed E-state index contributed by atoms with van der Waals surface area (Å²) < 4.78 is 5.24. The normalized spacial score (nSPS) is 16.2. The maximum absolute atomic E-state index is 6.37. The number of fused-ring (bicyclic) bond motifs is 1. The third-order valence-corrected chi connectivity index (χ3v) is 4.43. The molecule has 0 bridgehead atoms. The first-order valence-corrected chi connectivity index (χ1v) is 7.28. The number of halogens is 2. The van der Waals surface area contributed by atoms with Crippen LogP contribution < -0.4 is 4.74 Å². The van der Waals surface area contributed by atoms with Crippen LogP contribution in [-0.4, -0.2) is 12.1 Å². The summed E-state index contributed by atoms with van der Waals surface area (Å²) in [6.45, 7) is 0. The quantitative estimate of drug-likeness (QED) is 0.759. The summed E-state index contributed by atoms with van der Waals surface area (Å²) in [5.74, 6) is 1.19. The van der Waals surface area contributed by atoms with Crippen molar-refractivity contribution in [2.75, 3.05) is 7.11 Å². The molecule has 2 nitrogen and oxygen atoms in total. The monoisotopic (exact) mass is 295 g/mol. The van der Waals surface area contributed by atoms with E-state index in [9.17, 15) is 0 Å². The van der Waals surface area contributed by atoms with Gasteiger partial charge in [0.15, 0.2) is 0 Å². The first kappa shape index (κ1) is 13.0. The summed E-state index contributed by atoms with van der Waals surface area (Å²) >= 11 is 12.5. The molecular formula is C15H15Cl2NO. The maximum atomic E-state index is 6.37. The van der Waals surface area contributed by atoms with Gasteiger partial charge in [0.1, 0.15) is 5.75 Å². The van der Waals surface area contributed by atoms with Crippen molar-refractivity contribution in [2.24, 2.45) is 0 Å². The Morgan fingerprint density at radius 1 is 1.11 bits per heavy atom. The molecule has 2 aromatic rings. The van der Waals surface area contributed by atoms with E-state index in [0.29, 0.717) is 16.7 Å². The van der Waals surface area contributed by atoms with E-state index in [1.165, 1.54) is 25.7 Å².